The van der Waals surface area contributed by atoms with Crippen LogP contribution in [0.5, 0.6) is 0 Å². The van der Waals surface area contributed by atoms with Crippen LogP contribution in [-0.4, -0.2) is 33.7 Å². The highest BCUT2D eigenvalue weighted by atomic mass is 16.5. The van der Waals surface area contributed by atoms with E-state index in [9.17, 15) is 4.79 Å². The number of nitrogens with one attached hydrogen (secondary N) is 1. The maximum atomic E-state index is 12.8. The first-order chi connectivity index (χ1) is 12.7. The summed E-state index contributed by atoms with van der Waals surface area (Å²) in [6, 6.07) is 8.19. The first kappa shape index (κ1) is 17.1. The van der Waals surface area contributed by atoms with Crippen LogP contribution in [0.3, 0.4) is 0 Å². The Kier molecular flexibility index (Phi) is 4.91. The normalized spacial score (nSPS) is 21.1. The second kappa shape index (κ2) is 7.48. The molecule has 6 nitrogen and oxygen atoms in total. The van der Waals surface area contributed by atoms with Crippen LogP contribution in [0.2, 0.25) is 0 Å². The summed E-state index contributed by atoms with van der Waals surface area (Å²) in [6.45, 7) is 2.77. The highest BCUT2D eigenvalue weighted by molar-refractivity contribution is 5.75. The van der Waals surface area contributed by atoms with E-state index in [2.05, 4.69) is 15.5 Å². The lowest BCUT2D eigenvalue weighted by Gasteiger charge is -2.28. The molecule has 1 aliphatic carbocycles. The summed E-state index contributed by atoms with van der Waals surface area (Å²) in [5.41, 5.74) is 2.08. The van der Waals surface area contributed by atoms with E-state index in [1.807, 2.05) is 36.1 Å². The van der Waals surface area contributed by atoms with Crippen molar-refractivity contribution in [1.82, 2.24) is 20.4 Å². The van der Waals surface area contributed by atoms with E-state index >= 15 is 0 Å². The van der Waals surface area contributed by atoms with Gasteiger partial charge in [0.2, 0.25) is 11.7 Å². The van der Waals surface area contributed by atoms with Crippen LogP contribution >= 0.6 is 0 Å². The molecule has 0 radical (unpaired) electrons. The molecule has 2 amide bonds. The zero-order chi connectivity index (χ0) is 17.9. The van der Waals surface area contributed by atoms with Crippen LogP contribution in [0.25, 0.3) is 11.4 Å². The van der Waals surface area contributed by atoms with E-state index in [0.717, 1.165) is 43.4 Å². The molecule has 1 saturated heterocycles. The highest BCUT2D eigenvalue weighted by Crippen LogP contribution is 2.32. The number of hydrogen-bond acceptors (Lipinski definition) is 4. The standard InChI is InChI=1S/C20H26N4O2/c1-14-8-5-6-11-16(14)18-22-19(26-23-18)17-12-7-13-24(17)20(25)21-15-9-3-2-4-10-15/h5-6,8,11,15,17H,2-4,7,9-10,12-13H2,1H3,(H,21,25)/t17-/m1/s1. The average Bonchev–Trinajstić information content (AvgIpc) is 3.32. The molecule has 0 bridgehead atoms. The lowest BCUT2D eigenvalue weighted by molar-refractivity contribution is 0.173. The van der Waals surface area contributed by atoms with Gasteiger partial charge in [-0.25, -0.2) is 4.79 Å². The third kappa shape index (κ3) is 3.45. The summed E-state index contributed by atoms with van der Waals surface area (Å²) < 4.78 is 5.55. The minimum absolute atomic E-state index is 0.00930. The van der Waals surface area contributed by atoms with E-state index in [1.165, 1.54) is 19.3 Å². The smallest absolute Gasteiger partial charge is 0.318 e. The van der Waals surface area contributed by atoms with Gasteiger partial charge in [0, 0.05) is 18.2 Å². The molecule has 6 heteroatoms. The fourth-order valence-electron chi connectivity index (χ4n) is 4.07. The Morgan fingerprint density at radius 1 is 1.15 bits per heavy atom. The number of carbonyl (C=O) groups excluding carboxylic acids is 1. The van der Waals surface area contributed by atoms with Gasteiger partial charge in [-0.05, 0) is 38.2 Å². The second-order valence-electron chi connectivity index (χ2n) is 7.41. The summed E-state index contributed by atoms with van der Waals surface area (Å²) in [6.07, 6.45) is 7.70. The maximum Gasteiger partial charge on any atom is 0.318 e. The second-order valence-corrected chi connectivity index (χ2v) is 7.41. The largest absolute Gasteiger partial charge is 0.337 e. The van der Waals surface area contributed by atoms with Crippen LogP contribution in [0.15, 0.2) is 28.8 Å². The van der Waals surface area contributed by atoms with Gasteiger partial charge in [-0.3, -0.25) is 0 Å². The minimum atomic E-state index is -0.121. The van der Waals surface area contributed by atoms with Crippen molar-refractivity contribution in [2.75, 3.05) is 6.54 Å². The minimum Gasteiger partial charge on any atom is -0.337 e. The van der Waals surface area contributed by atoms with E-state index in [1.54, 1.807) is 0 Å². The van der Waals surface area contributed by atoms with Crippen molar-refractivity contribution in [3.8, 4) is 11.4 Å². The molecule has 1 aliphatic heterocycles. The summed E-state index contributed by atoms with van der Waals surface area (Å²) >= 11 is 0. The van der Waals surface area contributed by atoms with Crippen LogP contribution < -0.4 is 5.32 Å². The van der Waals surface area contributed by atoms with Gasteiger partial charge in [0.1, 0.15) is 6.04 Å². The van der Waals surface area contributed by atoms with Crippen LogP contribution in [0, 0.1) is 6.92 Å². The molecule has 2 aromatic rings. The molecule has 2 fully saturated rings. The Morgan fingerprint density at radius 3 is 2.77 bits per heavy atom. The molecule has 1 saturated carbocycles. The van der Waals surface area contributed by atoms with E-state index in [-0.39, 0.29) is 12.1 Å². The molecule has 4 rings (SSSR count). The van der Waals surface area contributed by atoms with Gasteiger partial charge < -0.3 is 14.7 Å². The van der Waals surface area contributed by atoms with Gasteiger partial charge in [0.15, 0.2) is 0 Å². The Labute approximate surface area is 154 Å². The molecule has 0 unspecified atom stereocenters. The topological polar surface area (TPSA) is 71.3 Å². The zero-order valence-corrected chi connectivity index (χ0v) is 15.3. The van der Waals surface area contributed by atoms with E-state index in [4.69, 9.17) is 4.52 Å². The Bertz CT molecular complexity index is 767. The van der Waals surface area contributed by atoms with Crippen molar-refractivity contribution in [3.63, 3.8) is 0 Å². The first-order valence-corrected chi connectivity index (χ1v) is 9.69. The van der Waals surface area contributed by atoms with Gasteiger partial charge in [-0.2, -0.15) is 4.98 Å². The maximum absolute atomic E-state index is 12.8. The number of nitrogens with zero attached hydrogens (tertiary/aromatic N) is 3. The van der Waals surface area contributed by atoms with Crippen molar-refractivity contribution in [1.29, 1.82) is 0 Å². The molecular formula is C20H26N4O2. The number of rotatable bonds is 3. The van der Waals surface area contributed by atoms with E-state index < -0.39 is 0 Å². The molecule has 2 heterocycles. The summed E-state index contributed by atoms with van der Waals surface area (Å²) in [5, 5.41) is 7.36. The van der Waals surface area contributed by atoms with Crippen molar-refractivity contribution in [2.45, 2.75) is 64.0 Å². The van der Waals surface area contributed by atoms with Gasteiger partial charge in [-0.15, -0.1) is 0 Å². The molecular weight excluding hydrogens is 328 g/mol. The third-order valence-corrected chi connectivity index (χ3v) is 5.56. The van der Waals surface area contributed by atoms with Gasteiger partial charge >= 0.3 is 6.03 Å². The number of hydrogen-bond donors (Lipinski definition) is 1. The van der Waals surface area contributed by atoms with Crippen LogP contribution in [0.4, 0.5) is 4.79 Å². The van der Waals surface area contributed by atoms with Crippen molar-refractivity contribution < 1.29 is 9.32 Å². The van der Waals surface area contributed by atoms with Gasteiger partial charge in [-0.1, -0.05) is 48.7 Å². The third-order valence-electron chi connectivity index (χ3n) is 5.56. The van der Waals surface area contributed by atoms with Crippen molar-refractivity contribution in [3.05, 3.63) is 35.7 Å². The summed E-state index contributed by atoms with van der Waals surface area (Å²) in [7, 11) is 0. The van der Waals surface area contributed by atoms with Gasteiger partial charge in [0.05, 0.1) is 0 Å². The predicted molar refractivity (Wildman–Crippen MR) is 98.6 cm³/mol. The monoisotopic (exact) mass is 354 g/mol. The average molecular weight is 354 g/mol. The Hall–Kier alpha value is -2.37. The molecule has 2 aliphatic rings. The molecule has 1 N–H and O–H groups in total. The number of aromatic nitrogens is 2. The Balaban J connectivity index is 1.48. The number of aryl methyl sites for hydroxylation is 1. The Morgan fingerprint density at radius 2 is 1.96 bits per heavy atom. The van der Waals surface area contributed by atoms with Crippen molar-refractivity contribution >= 4 is 6.03 Å². The highest BCUT2D eigenvalue weighted by Gasteiger charge is 2.35. The number of likely N-dealkylation sites (tertiary alicyclic amines) is 1. The lowest BCUT2D eigenvalue weighted by atomic mass is 9.96. The molecule has 0 spiro atoms. The number of benzene rings is 1. The quantitative estimate of drug-likeness (QED) is 0.895. The van der Waals surface area contributed by atoms with Crippen molar-refractivity contribution in [2.24, 2.45) is 0 Å². The van der Waals surface area contributed by atoms with Gasteiger partial charge in [0.25, 0.3) is 0 Å². The lowest BCUT2D eigenvalue weighted by Crippen LogP contribution is -2.45. The van der Waals surface area contributed by atoms with Crippen LogP contribution in [0.1, 0.15) is 62.4 Å². The number of carbonyl (C=O) groups is 1. The molecule has 138 valence electrons. The number of amides is 2. The van der Waals surface area contributed by atoms with Crippen LogP contribution in [-0.2, 0) is 0 Å². The number of urea groups is 1. The summed E-state index contributed by atoms with van der Waals surface area (Å²) in [5.74, 6) is 1.14. The molecule has 26 heavy (non-hydrogen) atoms. The fourth-order valence-corrected chi connectivity index (χ4v) is 4.07. The zero-order valence-electron chi connectivity index (χ0n) is 15.3. The predicted octanol–water partition coefficient (Wildman–Crippen LogP) is 4.22. The first-order valence-electron chi connectivity index (χ1n) is 9.69. The fraction of sp³-hybridized carbons (Fsp3) is 0.550. The SMILES string of the molecule is Cc1ccccc1-c1noc([C@H]2CCCN2C(=O)NC2CCCCC2)n1. The molecule has 1 atom stereocenters. The molecule has 1 aromatic heterocycles. The van der Waals surface area contributed by atoms with E-state index in [0.29, 0.717) is 17.8 Å². The molecule has 1 aromatic carbocycles. The summed E-state index contributed by atoms with van der Waals surface area (Å²) in [4.78, 5) is 19.2.